The normalized spacial score (nSPS) is 30.1. The molecular weight excluding hydrogens is 250 g/mol. The summed E-state index contributed by atoms with van der Waals surface area (Å²) in [7, 11) is 0. The Bertz CT molecular complexity index is 316. The lowest BCUT2D eigenvalue weighted by atomic mass is 9.67. The summed E-state index contributed by atoms with van der Waals surface area (Å²) in [6, 6.07) is 2.57. The van der Waals surface area contributed by atoms with Gasteiger partial charge in [0.05, 0.1) is 12.0 Å². The molecule has 0 aliphatic heterocycles. The van der Waals surface area contributed by atoms with E-state index in [9.17, 15) is 5.26 Å². The lowest BCUT2D eigenvalue weighted by molar-refractivity contribution is 0.143. The zero-order valence-corrected chi connectivity index (χ0v) is 14.4. The van der Waals surface area contributed by atoms with Gasteiger partial charge >= 0.3 is 0 Å². The first-order valence-electron chi connectivity index (χ1n) is 7.86. The molecule has 1 saturated carbocycles. The van der Waals surface area contributed by atoms with Crippen LogP contribution in [0.25, 0.3) is 0 Å². The van der Waals surface area contributed by atoms with Crippen molar-refractivity contribution < 1.29 is 0 Å². The zero-order chi connectivity index (χ0) is 14.6. The molecule has 1 fully saturated rings. The highest BCUT2D eigenvalue weighted by Crippen LogP contribution is 2.46. The Kier molecular flexibility index (Phi) is 6.24. The van der Waals surface area contributed by atoms with Crippen LogP contribution in [-0.2, 0) is 0 Å². The summed E-state index contributed by atoms with van der Waals surface area (Å²) < 4.78 is 0. The van der Waals surface area contributed by atoms with Gasteiger partial charge in [0.1, 0.15) is 0 Å². The van der Waals surface area contributed by atoms with Crippen molar-refractivity contribution in [2.45, 2.75) is 77.7 Å². The second-order valence-corrected chi connectivity index (χ2v) is 8.83. The van der Waals surface area contributed by atoms with E-state index in [0.717, 1.165) is 12.3 Å². The zero-order valence-electron chi connectivity index (χ0n) is 13.6. The maximum atomic E-state index is 9.40. The Morgan fingerprint density at radius 3 is 2.37 bits per heavy atom. The Hall–Kier alpha value is -0.160. The van der Waals surface area contributed by atoms with Gasteiger partial charge in [-0.15, -0.1) is 0 Å². The predicted octanol–water partition coefficient (Wildman–Crippen LogP) is 5.51. The predicted molar refractivity (Wildman–Crippen MR) is 86.2 cm³/mol. The topological polar surface area (TPSA) is 23.8 Å². The Balaban J connectivity index is 2.72. The highest BCUT2D eigenvalue weighted by Gasteiger charge is 2.38. The molecule has 0 amide bonds. The summed E-state index contributed by atoms with van der Waals surface area (Å²) in [6.07, 6.45) is 4.83. The van der Waals surface area contributed by atoms with Gasteiger partial charge < -0.3 is 0 Å². The summed E-state index contributed by atoms with van der Waals surface area (Å²) in [5, 5.41) is 10.6. The van der Waals surface area contributed by atoms with E-state index in [1.165, 1.54) is 19.3 Å². The van der Waals surface area contributed by atoms with E-state index < -0.39 is 0 Å². The van der Waals surface area contributed by atoms with E-state index in [0.29, 0.717) is 21.8 Å². The quantitative estimate of drug-likeness (QED) is 0.663. The average molecular weight is 282 g/mol. The van der Waals surface area contributed by atoms with E-state index >= 15 is 0 Å². The van der Waals surface area contributed by atoms with Crippen LogP contribution < -0.4 is 0 Å². The van der Waals surface area contributed by atoms with Crippen molar-refractivity contribution in [2.24, 2.45) is 23.2 Å². The lowest BCUT2D eigenvalue weighted by Crippen LogP contribution is -2.35. The van der Waals surface area contributed by atoms with E-state index in [1.54, 1.807) is 0 Å². The summed E-state index contributed by atoms with van der Waals surface area (Å²) in [5.74, 6) is 1.76. The number of hydrogen-bond donors (Lipinski definition) is 0. The summed E-state index contributed by atoms with van der Waals surface area (Å²) in [5.41, 5.74) is 0.431. The molecule has 0 heterocycles. The average Bonchev–Trinajstić information content (AvgIpc) is 2.38. The second-order valence-electron chi connectivity index (χ2n) is 7.21. The molecule has 1 aliphatic rings. The van der Waals surface area contributed by atoms with Crippen LogP contribution in [0.4, 0.5) is 0 Å². The van der Waals surface area contributed by atoms with Crippen molar-refractivity contribution in [2.75, 3.05) is 0 Å². The Morgan fingerprint density at radius 2 is 1.89 bits per heavy atom. The number of rotatable bonds is 5. The molecule has 0 saturated heterocycles. The van der Waals surface area contributed by atoms with Crippen LogP contribution in [-0.4, -0.2) is 10.5 Å². The number of hydrogen-bond acceptors (Lipinski definition) is 2. The Morgan fingerprint density at radius 1 is 1.26 bits per heavy atom. The van der Waals surface area contributed by atoms with Gasteiger partial charge in [-0.1, -0.05) is 48.0 Å². The minimum absolute atomic E-state index is 0.273. The van der Waals surface area contributed by atoms with Gasteiger partial charge in [0.15, 0.2) is 0 Å². The molecule has 110 valence electrons. The van der Waals surface area contributed by atoms with E-state index in [4.69, 9.17) is 0 Å². The van der Waals surface area contributed by atoms with Gasteiger partial charge in [0, 0.05) is 10.5 Å². The molecule has 0 aromatic rings. The van der Waals surface area contributed by atoms with Crippen molar-refractivity contribution >= 4 is 11.8 Å². The largest absolute Gasteiger partial charge is 0.198 e. The molecule has 2 heteroatoms. The fourth-order valence-corrected chi connectivity index (χ4v) is 4.45. The molecule has 1 rings (SSSR count). The van der Waals surface area contributed by atoms with Crippen molar-refractivity contribution in [3.8, 4) is 6.07 Å². The maximum Gasteiger partial charge on any atom is 0.0667 e. The fraction of sp³-hybridized carbons (Fsp3) is 0.941. The minimum Gasteiger partial charge on any atom is -0.198 e. The van der Waals surface area contributed by atoms with Crippen LogP contribution in [0.3, 0.4) is 0 Å². The first-order valence-corrected chi connectivity index (χ1v) is 8.81. The third kappa shape index (κ3) is 4.42. The summed E-state index contributed by atoms with van der Waals surface area (Å²) in [6.45, 7) is 14.0. The number of thioether (sulfide) groups is 1. The minimum atomic E-state index is 0.273. The molecule has 4 atom stereocenters. The van der Waals surface area contributed by atoms with Crippen molar-refractivity contribution in [1.29, 1.82) is 5.26 Å². The van der Waals surface area contributed by atoms with Crippen molar-refractivity contribution in [3.63, 3.8) is 0 Å². The molecule has 0 aromatic heterocycles. The number of nitrogens with zero attached hydrogens (tertiary/aromatic N) is 1. The smallest absolute Gasteiger partial charge is 0.0667 e. The van der Waals surface area contributed by atoms with Gasteiger partial charge in [-0.3, -0.25) is 0 Å². The number of nitriles is 1. The molecule has 0 N–H and O–H groups in total. The van der Waals surface area contributed by atoms with Crippen LogP contribution >= 0.6 is 11.8 Å². The first-order chi connectivity index (χ1) is 8.81. The molecular formula is C17H31NS. The molecule has 0 spiro atoms. The molecule has 0 bridgehead atoms. The van der Waals surface area contributed by atoms with Crippen LogP contribution in [0.5, 0.6) is 0 Å². The van der Waals surface area contributed by atoms with Gasteiger partial charge in [-0.05, 0) is 36.5 Å². The highest BCUT2D eigenvalue weighted by molar-refractivity contribution is 8.00. The van der Waals surface area contributed by atoms with Gasteiger partial charge in [0.2, 0.25) is 0 Å². The van der Waals surface area contributed by atoms with E-state index in [-0.39, 0.29) is 5.92 Å². The third-order valence-electron chi connectivity index (χ3n) is 5.30. The van der Waals surface area contributed by atoms with Crippen LogP contribution in [0.1, 0.15) is 67.2 Å². The van der Waals surface area contributed by atoms with Gasteiger partial charge in [-0.2, -0.15) is 17.0 Å². The second kappa shape index (κ2) is 7.02. The summed E-state index contributed by atoms with van der Waals surface area (Å²) >= 11 is 2.07. The van der Waals surface area contributed by atoms with E-state index in [1.807, 2.05) is 0 Å². The molecule has 19 heavy (non-hydrogen) atoms. The van der Waals surface area contributed by atoms with E-state index in [2.05, 4.69) is 59.4 Å². The molecule has 4 unspecified atom stereocenters. The van der Waals surface area contributed by atoms with Crippen molar-refractivity contribution in [1.82, 2.24) is 0 Å². The standard InChI is InChI=1S/C17H31NS/c1-7-17(5,6)15-9-8-14(11-18)16(10-15)19-13(4)12(2)3/h12-16H,7-10H2,1-6H3. The third-order valence-corrected chi connectivity index (χ3v) is 7.15. The highest BCUT2D eigenvalue weighted by atomic mass is 32.2. The maximum absolute atomic E-state index is 9.40. The molecule has 1 nitrogen and oxygen atoms in total. The molecule has 0 aromatic carbocycles. The van der Waals surface area contributed by atoms with Crippen LogP contribution in [0.2, 0.25) is 0 Å². The fourth-order valence-electron chi connectivity index (χ4n) is 2.86. The van der Waals surface area contributed by atoms with Crippen LogP contribution in [0, 0.1) is 34.5 Å². The lowest BCUT2D eigenvalue weighted by Gasteiger charge is -2.42. The van der Waals surface area contributed by atoms with Gasteiger partial charge in [0.25, 0.3) is 0 Å². The SMILES string of the molecule is CCC(C)(C)C1CCC(C#N)C(SC(C)C(C)C)C1. The molecule has 0 radical (unpaired) electrons. The van der Waals surface area contributed by atoms with Crippen molar-refractivity contribution in [3.05, 3.63) is 0 Å². The monoisotopic (exact) mass is 281 g/mol. The Labute approximate surface area is 124 Å². The van der Waals surface area contributed by atoms with Gasteiger partial charge in [-0.25, -0.2) is 0 Å². The molecule has 1 aliphatic carbocycles. The summed E-state index contributed by atoms with van der Waals surface area (Å²) in [4.78, 5) is 0. The van der Waals surface area contributed by atoms with Crippen LogP contribution in [0.15, 0.2) is 0 Å². The first kappa shape index (κ1) is 16.9.